The third-order valence-corrected chi connectivity index (χ3v) is 6.06. The van der Waals surface area contributed by atoms with Crippen molar-refractivity contribution in [2.24, 2.45) is 5.92 Å². The van der Waals surface area contributed by atoms with Crippen LogP contribution < -0.4 is 15.1 Å². The molecule has 2 aromatic rings. The van der Waals surface area contributed by atoms with Crippen LogP contribution in [0.3, 0.4) is 0 Å². The number of benzene rings is 1. The summed E-state index contributed by atoms with van der Waals surface area (Å²) < 4.78 is 0. The number of carbonyl (C=O) groups is 1. The van der Waals surface area contributed by atoms with Crippen LogP contribution in [0.1, 0.15) is 37.7 Å². The Morgan fingerprint density at radius 1 is 0.931 bits per heavy atom. The SMILES string of the molecule is O=C(NCCc1ccccc1)C1CCN(c2cc(N3CCCCC3)ncn2)CC1. The fourth-order valence-electron chi connectivity index (χ4n) is 4.30. The molecule has 0 radical (unpaired) electrons. The summed E-state index contributed by atoms with van der Waals surface area (Å²) in [6.45, 7) is 4.61. The van der Waals surface area contributed by atoms with E-state index in [1.807, 2.05) is 18.2 Å². The summed E-state index contributed by atoms with van der Waals surface area (Å²) in [4.78, 5) is 26.2. The Kier molecular flexibility index (Phi) is 6.60. The van der Waals surface area contributed by atoms with E-state index in [0.29, 0.717) is 6.54 Å². The topological polar surface area (TPSA) is 61.4 Å². The van der Waals surface area contributed by atoms with Crippen molar-refractivity contribution >= 4 is 17.5 Å². The number of nitrogens with one attached hydrogen (secondary N) is 1. The minimum absolute atomic E-state index is 0.102. The standard InChI is InChI=1S/C23H31N5O/c29-23(24-12-9-19-7-3-1-4-8-19)20-10-15-28(16-11-20)22-17-21(25-18-26-22)27-13-5-2-6-14-27/h1,3-4,7-8,17-18,20H,2,5-6,9-16H2,(H,24,29). The van der Waals surface area contributed by atoms with Gasteiger partial charge in [0.1, 0.15) is 18.0 Å². The minimum Gasteiger partial charge on any atom is -0.356 e. The molecule has 2 aliphatic heterocycles. The third kappa shape index (κ3) is 5.25. The molecule has 2 aliphatic rings. The first-order chi connectivity index (χ1) is 14.3. The summed E-state index contributed by atoms with van der Waals surface area (Å²) in [5, 5.41) is 3.12. The average molecular weight is 394 g/mol. The molecule has 154 valence electrons. The van der Waals surface area contributed by atoms with Gasteiger partial charge in [-0.05, 0) is 44.1 Å². The molecular formula is C23H31N5O. The van der Waals surface area contributed by atoms with Gasteiger partial charge in [0.05, 0.1) is 0 Å². The van der Waals surface area contributed by atoms with Crippen molar-refractivity contribution in [3.63, 3.8) is 0 Å². The van der Waals surface area contributed by atoms with Gasteiger partial charge < -0.3 is 15.1 Å². The van der Waals surface area contributed by atoms with Crippen molar-refractivity contribution < 1.29 is 4.79 Å². The Bertz CT molecular complexity index is 783. The molecule has 0 bridgehead atoms. The van der Waals surface area contributed by atoms with Gasteiger partial charge in [0.15, 0.2) is 0 Å². The second-order valence-electron chi connectivity index (χ2n) is 8.07. The molecule has 0 spiro atoms. The van der Waals surface area contributed by atoms with Gasteiger partial charge in [-0.15, -0.1) is 0 Å². The Morgan fingerprint density at radius 3 is 2.28 bits per heavy atom. The zero-order chi connectivity index (χ0) is 19.9. The normalized spacial score (nSPS) is 17.9. The number of nitrogens with zero attached hydrogens (tertiary/aromatic N) is 4. The molecule has 2 saturated heterocycles. The minimum atomic E-state index is 0.102. The number of carbonyl (C=O) groups excluding carboxylic acids is 1. The van der Waals surface area contributed by atoms with Crippen LogP contribution in [0, 0.1) is 5.92 Å². The van der Waals surface area contributed by atoms with Gasteiger partial charge in [0.25, 0.3) is 0 Å². The van der Waals surface area contributed by atoms with Gasteiger partial charge >= 0.3 is 0 Å². The van der Waals surface area contributed by atoms with Gasteiger partial charge in [-0.2, -0.15) is 0 Å². The van der Waals surface area contributed by atoms with E-state index < -0.39 is 0 Å². The molecule has 1 N–H and O–H groups in total. The fraction of sp³-hybridized carbons (Fsp3) is 0.522. The molecule has 0 aliphatic carbocycles. The lowest BCUT2D eigenvalue weighted by Gasteiger charge is -2.33. The van der Waals surface area contributed by atoms with Crippen molar-refractivity contribution in [1.82, 2.24) is 15.3 Å². The fourth-order valence-corrected chi connectivity index (χ4v) is 4.30. The highest BCUT2D eigenvalue weighted by Gasteiger charge is 2.26. The number of amides is 1. The molecule has 1 aromatic carbocycles. The van der Waals surface area contributed by atoms with Crippen LogP contribution in [0.4, 0.5) is 11.6 Å². The smallest absolute Gasteiger partial charge is 0.223 e. The van der Waals surface area contributed by atoms with Crippen LogP contribution >= 0.6 is 0 Å². The summed E-state index contributed by atoms with van der Waals surface area (Å²) in [5.74, 6) is 2.32. The second-order valence-corrected chi connectivity index (χ2v) is 8.07. The molecule has 6 nitrogen and oxygen atoms in total. The Balaban J connectivity index is 1.25. The third-order valence-electron chi connectivity index (χ3n) is 6.06. The molecule has 2 fully saturated rings. The van der Waals surface area contributed by atoms with E-state index in [9.17, 15) is 4.79 Å². The zero-order valence-corrected chi connectivity index (χ0v) is 17.1. The number of anilines is 2. The van der Waals surface area contributed by atoms with Crippen molar-refractivity contribution in [2.45, 2.75) is 38.5 Å². The highest BCUT2D eigenvalue weighted by atomic mass is 16.1. The van der Waals surface area contributed by atoms with Crippen molar-refractivity contribution in [2.75, 3.05) is 42.5 Å². The summed E-state index contributed by atoms with van der Waals surface area (Å²) in [5.41, 5.74) is 1.26. The summed E-state index contributed by atoms with van der Waals surface area (Å²) in [6.07, 6.45) is 8.11. The molecule has 1 aromatic heterocycles. The van der Waals surface area contributed by atoms with E-state index in [-0.39, 0.29) is 11.8 Å². The first kappa shape index (κ1) is 19.7. The van der Waals surface area contributed by atoms with Crippen LogP contribution in [-0.2, 0) is 11.2 Å². The van der Waals surface area contributed by atoms with E-state index in [1.54, 1.807) is 6.33 Å². The maximum Gasteiger partial charge on any atom is 0.223 e. The molecular weight excluding hydrogens is 362 g/mol. The van der Waals surface area contributed by atoms with Gasteiger partial charge in [0, 0.05) is 44.7 Å². The van der Waals surface area contributed by atoms with Crippen molar-refractivity contribution in [3.05, 3.63) is 48.3 Å². The van der Waals surface area contributed by atoms with Gasteiger partial charge in [-0.25, -0.2) is 9.97 Å². The molecule has 3 heterocycles. The summed E-state index contributed by atoms with van der Waals surface area (Å²) in [7, 11) is 0. The van der Waals surface area contributed by atoms with Crippen LogP contribution in [0.5, 0.6) is 0 Å². The zero-order valence-electron chi connectivity index (χ0n) is 17.1. The predicted octanol–water partition coefficient (Wildman–Crippen LogP) is 3.04. The van der Waals surface area contributed by atoms with Gasteiger partial charge in [-0.3, -0.25) is 4.79 Å². The highest BCUT2D eigenvalue weighted by molar-refractivity contribution is 5.79. The van der Waals surface area contributed by atoms with Crippen LogP contribution in [-0.4, -0.2) is 48.6 Å². The molecule has 6 heteroatoms. The monoisotopic (exact) mass is 393 g/mol. The van der Waals surface area contributed by atoms with E-state index in [0.717, 1.165) is 57.1 Å². The first-order valence-corrected chi connectivity index (χ1v) is 10.9. The molecule has 4 rings (SSSR count). The molecule has 0 unspecified atom stereocenters. The number of aromatic nitrogens is 2. The Morgan fingerprint density at radius 2 is 1.59 bits per heavy atom. The number of hydrogen-bond acceptors (Lipinski definition) is 5. The lowest BCUT2D eigenvalue weighted by molar-refractivity contribution is -0.125. The largest absolute Gasteiger partial charge is 0.356 e. The maximum absolute atomic E-state index is 12.5. The summed E-state index contributed by atoms with van der Waals surface area (Å²) >= 11 is 0. The number of piperidine rings is 2. The van der Waals surface area contributed by atoms with Crippen molar-refractivity contribution in [1.29, 1.82) is 0 Å². The lowest BCUT2D eigenvalue weighted by Crippen LogP contribution is -2.41. The molecule has 1 amide bonds. The molecule has 0 saturated carbocycles. The van der Waals surface area contributed by atoms with Crippen LogP contribution in [0.2, 0.25) is 0 Å². The lowest BCUT2D eigenvalue weighted by atomic mass is 9.96. The van der Waals surface area contributed by atoms with E-state index in [2.05, 4.69) is 43.3 Å². The van der Waals surface area contributed by atoms with E-state index >= 15 is 0 Å². The van der Waals surface area contributed by atoms with Crippen molar-refractivity contribution in [3.8, 4) is 0 Å². The van der Waals surface area contributed by atoms with E-state index in [1.165, 1.54) is 24.8 Å². The number of rotatable bonds is 6. The number of hydrogen-bond donors (Lipinski definition) is 1. The molecule has 29 heavy (non-hydrogen) atoms. The quantitative estimate of drug-likeness (QED) is 0.817. The van der Waals surface area contributed by atoms with Crippen LogP contribution in [0.25, 0.3) is 0 Å². The van der Waals surface area contributed by atoms with Gasteiger partial charge in [-0.1, -0.05) is 30.3 Å². The summed E-state index contributed by atoms with van der Waals surface area (Å²) in [6, 6.07) is 12.4. The predicted molar refractivity (Wildman–Crippen MR) is 116 cm³/mol. The second kappa shape index (κ2) is 9.72. The first-order valence-electron chi connectivity index (χ1n) is 10.9. The van der Waals surface area contributed by atoms with Crippen LogP contribution in [0.15, 0.2) is 42.7 Å². The Labute approximate surface area is 173 Å². The van der Waals surface area contributed by atoms with Gasteiger partial charge in [0.2, 0.25) is 5.91 Å². The van der Waals surface area contributed by atoms with E-state index in [4.69, 9.17) is 0 Å². The highest BCUT2D eigenvalue weighted by Crippen LogP contribution is 2.25. The maximum atomic E-state index is 12.5. The molecule has 0 atom stereocenters. The Hall–Kier alpha value is -2.63. The average Bonchev–Trinajstić information content (AvgIpc) is 2.80.